The fourth-order valence-corrected chi connectivity index (χ4v) is 1.64. The summed E-state index contributed by atoms with van der Waals surface area (Å²) in [4.78, 5) is 0. The lowest BCUT2D eigenvalue weighted by Crippen LogP contribution is -1.80. The summed E-state index contributed by atoms with van der Waals surface area (Å²) in [6.45, 7) is 3.80. The van der Waals surface area contributed by atoms with Crippen LogP contribution in [-0.4, -0.2) is 5.75 Å². The first-order chi connectivity index (χ1) is 5.43. The molecule has 0 saturated carbocycles. The molecule has 0 aliphatic rings. The van der Waals surface area contributed by atoms with Gasteiger partial charge in [-0.05, 0) is 17.7 Å². The molecule has 0 bridgehead atoms. The molecular formula is C10H13S. The number of thioether (sulfide) groups is 1. The Labute approximate surface area is 73.0 Å². The maximum Gasteiger partial charge on any atom is 0.0184 e. The highest BCUT2D eigenvalue weighted by molar-refractivity contribution is 7.98. The van der Waals surface area contributed by atoms with Gasteiger partial charge in [0.1, 0.15) is 0 Å². The van der Waals surface area contributed by atoms with Crippen LogP contribution in [0, 0.1) is 6.92 Å². The molecule has 1 rings (SSSR count). The van der Waals surface area contributed by atoms with Gasteiger partial charge >= 0.3 is 0 Å². The van der Waals surface area contributed by atoms with E-state index in [1.807, 2.05) is 11.8 Å². The highest BCUT2D eigenvalue weighted by Crippen LogP contribution is 2.11. The van der Waals surface area contributed by atoms with Crippen molar-refractivity contribution < 1.29 is 0 Å². The maximum atomic E-state index is 3.80. The largest absolute Gasteiger partial charge is 0.157 e. The standard InChI is InChI=1S/C10H13S/c1-2-8-11-9-10-6-4-3-5-7-10/h3-7H,1-2,8-9H2. The van der Waals surface area contributed by atoms with Gasteiger partial charge in [-0.25, -0.2) is 0 Å². The lowest BCUT2D eigenvalue weighted by molar-refractivity contribution is 1.24. The molecule has 0 aromatic heterocycles. The van der Waals surface area contributed by atoms with Crippen LogP contribution in [-0.2, 0) is 5.75 Å². The maximum absolute atomic E-state index is 3.80. The minimum absolute atomic E-state index is 1.03. The van der Waals surface area contributed by atoms with E-state index in [-0.39, 0.29) is 0 Å². The summed E-state index contributed by atoms with van der Waals surface area (Å²) in [5.74, 6) is 2.28. The predicted octanol–water partition coefficient (Wildman–Crippen LogP) is 3.14. The van der Waals surface area contributed by atoms with E-state index in [0.29, 0.717) is 0 Å². The molecule has 0 N–H and O–H groups in total. The molecule has 1 heteroatoms. The van der Waals surface area contributed by atoms with Gasteiger partial charge in [-0.15, -0.1) is 0 Å². The second-order valence-electron chi connectivity index (χ2n) is 2.39. The molecule has 0 atom stereocenters. The first-order valence-electron chi connectivity index (χ1n) is 3.84. The summed E-state index contributed by atoms with van der Waals surface area (Å²) in [5.41, 5.74) is 1.41. The van der Waals surface area contributed by atoms with Crippen molar-refractivity contribution in [1.82, 2.24) is 0 Å². The van der Waals surface area contributed by atoms with Crippen LogP contribution >= 0.6 is 11.8 Å². The van der Waals surface area contributed by atoms with Crippen LogP contribution in [0.3, 0.4) is 0 Å². The normalized spacial score (nSPS) is 9.91. The van der Waals surface area contributed by atoms with Gasteiger partial charge in [0.05, 0.1) is 0 Å². The third-order valence-corrected chi connectivity index (χ3v) is 2.52. The predicted molar refractivity (Wildman–Crippen MR) is 52.6 cm³/mol. The molecule has 1 aromatic carbocycles. The average molecular weight is 165 g/mol. The van der Waals surface area contributed by atoms with Gasteiger partial charge in [-0.2, -0.15) is 11.8 Å². The summed E-state index contributed by atoms with van der Waals surface area (Å²) < 4.78 is 0. The quantitative estimate of drug-likeness (QED) is 0.618. The highest BCUT2D eigenvalue weighted by Gasteiger charge is 1.89. The van der Waals surface area contributed by atoms with Crippen LogP contribution < -0.4 is 0 Å². The molecule has 0 amide bonds. The van der Waals surface area contributed by atoms with Gasteiger partial charge in [0.2, 0.25) is 0 Å². The molecule has 0 nitrogen and oxygen atoms in total. The molecule has 11 heavy (non-hydrogen) atoms. The minimum atomic E-state index is 1.03. The Morgan fingerprint density at radius 3 is 2.55 bits per heavy atom. The molecule has 59 valence electrons. The topological polar surface area (TPSA) is 0 Å². The molecule has 0 heterocycles. The van der Waals surface area contributed by atoms with Crippen LogP contribution in [0.15, 0.2) is 30.3 Å². The Balaban J connectivity index is 2.28. The molecular weight excluding hydrogens is 152 g/mol. The van der Waals surface area contributed by atoms with E-state index in [2.05, 4.69) is 37.3 Å². The number of hydrogen-bond acceptors (Lipinski definition) is 1. The summed E-state index contributed by atoms with van der Waals surface area (Å²) in [6.07, 6.45) is 1.03. The van der Waals surface area contributed by atoms with Crippen molar-refractivity contribution in [3.8, 4) is 0 Å². The Morgan fingerprint density at radius 2 is 1.91 bits per heavy atom. The van der Waals surface area contributed by atoms with Gasteiger partial charge in [-0.1, -0.05) is 37.3 Å². The fraction of sp³-hybridized carbons (Fsp3) is 0.300. The van der Waals surface area contributed by atoms with Crippen LogP contribution in [0.1, 0.15) is 12.0 Å². The van der Waals surface area contributed by atoms with Crippen LogP contribution in [0.5, 0.6) is 0 Å². The van der Waals surface area contributed by atoms with Gasteiger partial charge in [0.15, 0.2) is 0 Å². The Bertz CT molecular complexity index is 181. The first kappa shape index (κ1) is 8.66. The first-order valence-corrected chi connectivity index (χ1v) is 5.00. The second-order valence-corrected chi connectivity index (χ2v) is 3.50. The van der Waals surface area contributed by atoms with Crippen molar-refractivity contribution in [2.45, 2.75) is 12.2 Å². The monoisotopic (exact) mass is 165 g/mol. The van der Waals surface area contributed by atoms with E-state index in [1.54, 1.807) is 0 Å². The highest BCUT2D eigenvalue weighted by atomic mass is 32.2. The Kier molecular flexibility index (Phi) is 4.14. The fourth-order valence-electron chi connectivity index (χ4n) is 0.866. The minimum Gasteiger partial charge on any atom is -0.157 e. The van der Waals surface area contributed by atoms with Crippen molar-refractivity contribution in [2.24, 2.45) is 0 Å². The van der Waals surface area contributed by atoms with Gasteiger partial charge in [-0.3, -0.25) is 0 Å². The molecule has 1 aromatic rings. The van der Waals surface area contributed by atoms with Crippen molar-refractivity contribution in [1.29, 1.82) is 0 Å². The van der Waals surface area contributed by atoms with E-state index < -0.39 is 0 Å². The van der Waals surface area contributed by atoms with E-state index in [1.165, 1.54) is 5.56 Å². The van der Waals surface area contributed by atoms with Gasteiger partial charge < -0.3 is 0 Å². The summed E-state index contributed by atoms with van der Waals surface area (Å²) in [6, 6.07) is 10.5. The number of rotatable bonds is 4. The zero-order valence-corrected chi connectivity index (χ0v) is 7.44. The molecule has 0 aliphatic carbocycles. The van der Waals surface area contributed by atoms with Crippen molar-refractivity contribution in [2.75, 3.05) is 5.75 Å². The molecule has 0 fully saturated rings. The third kappa shape index (κ3) is 3.47. The van der Waals surface area contributed by atoms with Crippen molar-refractivity contribution in [3.63, 3.8) is 0 Å². The van der Waals surface area contributed by atoms with E-state index in [4.69, 9.17) is 0 Å². The summed E-state index contributed by atoms with van der Waals surface area (Å²) in [5, 5.41) is 0. The molecule has 0 spiro atoms. The third-order valence-electron chi connectivity index (χ3n) is 1.40. The Morgan fingerprint density at radius 1 is 1.18 bits per heavy atom. The smallest absolute Gasteiger partial charge is 0.0184 e. The summed E-state index contributed by atoms with van der Waals surface area (Å²) in [7, 11) is 0. The second kappa shape index (κ2) is 5.25. The number of benzene rings is 1. The van der Waals surface area contributed by atoms with E-state index >= 15 is 0 Å². The SMILES string of the molecule is [CH2]CCSCc1ccccc1. The molecule has 1 radical (unpaired) electrons. The van der Waals surface area contributed by atoms with E-state index in [0.717, 1.165) is 17.9 Å². The lowest BCUT2D eigenvalue weighted by atomic mass is 10.2. The van der Waals surface area contributed by atoms with Gasteiger partial charge in [0.25, 0.3) is 0 Å². The molecule has 0 unspecified atom stereocenters. The summed E-state index contributed by atoms with van der Waals surface area (Å²) >= 11 is 1.94. The average Bonchev–Trinajstić information content (AvgIpc) is 2.07. The molecule has 0 aliphatic heterocycles. The zero-order chi connectivity index (χ0) is 7.94. The van der Waals surface area contributed by atoms with Crippen molar-refractivity contribution >= 4 is 11.8 Å². The zero-order valence-electron chi connectivity index (χ0n) is 6.62. The van der Waals surface area contributed by atoms with Crippen LogP contribution in [0.2, 0.25) is 0 Å². The molecule has 0 saturated heterocycles. The Hall–Kier alpha value is -0.430. The van der Waals surface area contributed by atoms with Crippen LogP contribution in [0.4, 0.5) is 0 Å². The van der Waals surface area contributed by atoms with Gasteiger partial charge in [0, 0.05) is 5.75 Å². The van der Waals surface area contributed by atoms with Crippen LogP contribution in [0.25, 0.3) is 0 Å². The van der Waals surface area contributed by atoms with E-state index in [9.17, 15) is 0 Å². The van der Waals surface area contributed by atoms with Crippen molar-refractivity contribution in [3.05, 3.63) is 42.8 Å². The lowest BCUT2D eigenvalue weighted by Gasteiger charge is -1.98. The number of hydrogen-bond donors (Lipinski definition) is 0.